The Labute approximate surface area is 135 Å². The minimum absolute atomic E-state index is 0.740. The van der Waals surface area contributed by atoms with Crippen molar-refractivity contribution in [1.29, 1.82) is 0 Å². The zero-order valence-corrected chi connectivity index (χ0v) is 14.2. The highest BCUT2D eigenvalue weighted by Gasteiger charge is 2.29. The van der Waals surface area contributed by atoms with Crippen molar-refractivity contribution in [2.45, 2.75) is 65.2 Å². The van der Waals surface area contributed by atoms with Crippen LogP contribution in [0.5, 0.6) is 0 Å². The summed E-state index contributed by atoms with van der Waals surface area (Å²) in [5.41, 5.74) is 1.12. The van der Waals surface area contributed by atoms with Crippen LogP contribution in [0.3, 0.4) is 0 Å². The average molecular weight is 298 g/mol. The van der Waals surface area contributed by atoms with Crippen molar-refractivity contribution in [2.24, 2.45) is 23.7 Å². The summed E-state index contributed by atoms with van der Waals surface area (Å²) in [6, 6.07) is 0. The maximum atomic E-state index is 4.36. The molecule has 0 N–H and O–H groups in total. The number of allylic oxidation sites excluding steroid dienone is 1. The first-order valence-corrected chi connectivity index (χ1v) is 9.17. The maximum Gasteiger partial charge on any atom is 0.151 e. The standard InChI is InChI=1S/C20H30N2/c1-15-3-8-18(9-4-15)19-10-5-17(6-11-19)7-12-20-21-13-16(2)14-22-20/h7,12-15,17-19H,3-6,8-11H2,1-2H3/b12-7+. The number of rotatable bonds is 3. The zero-order valence-electron chi connectivity index (χ0n) is 14.2. The molecule has 1 heterocycles. The summed E-state index contributed by atoms with van der Waals surface area (Å²) in [4.78, 5) is 8.72. The van der Waals surface area contributed by atoms with Gasteiger partial charge >= 0.3 is 0 Å². The van der Waals surface area contributed by atoms with Gasteiger partial charge in [-0.2, -0.15) is 0 Å². The van der Waals surface area contributed by atoms with E-state index in [4.69, 9.17) is 0 Å². The zero-order chi connectivity index (χ0) is 15.4. The van der Waals surface area contributed by atoms with Crippen LogP contribution in [-0.4, -0.2) is 9.97 Å². The maximum absolute atomic E-state index is 4.36. The Bertz CT molecular complexity index is 475. The van der Waals surface area contributed by atoms with Gasteiger partial charge in [-0.25, -0.2) is 9.97 Å². The lowest BCUT2D eigenvalue weighted by Gasteiger charge is -2.36. The molecule has 1 aromatic heterocycles. The van der Waals surface area contributed by atoms with Gasteiger partial charge < -0.3 is 0 Å². The van der Waals surface area contributed by atoms with Crippen LogP contribution in [0.4, 0.5) is 0 Å². The number of aryl methyl sites for hydroxylation is 1. The van der Waals surface area contributed by atoms with E-state index in [2.05, 4.69) is 29.0 Å². The molecule has 0 radical (unpaired) electrons. The van der Waals surface area contributed by atoms with Crippen LogP contribution < -0.4 is 0 Å². The second kappa shape index (κ2) is 7.39. The van der Waals surface area contributed by atoms with Crippen molar-refractivity contribution in [2.75, 3.05) is 0 Å². The van der Waals surface area contributed by atoms with Crippen molar-refractivity contribution in [3.63, 3.8) is 0 Å². The predicted molar refractivity (Wildman–Crippen MR) is 92.4 cm³/mol. The van der Waals surface area contributed by atoms with Crippen molar-refractivity contribution < 1.29 is 0 Å². The summed E-state index contributed by atoms with van der Waals surface area (Å²) >= 11 is 0. The normalized spacial score (nSPS) is 33.2. The lowest BCUT2D eigenvalue weighted by atomic mass is 9.69. The van der Waals surface area contributed by atoms with Crippen LogP contribution in [0.15, 0.2) is 18.5 Å². The summed E-state index contributed by atoms with van der Waals surface area (Å²) in [7, 11) is 0. The molecular weight excluding hydrogens is 268 g/mol. The third-order valence-electron chi connectivity index (χ3n) is 5.86. The smallest absolute Gasteiger partial charge is 0.151 e. The van der Waals surface area contributed by atoms with Crippen molar-refractivity contribution in [3.05, 3.63) is 29.9 Å². The highest BCUT2D eigenvalue weighted by atomic mass is 14.8. The molecule has 22 heavy (non-hydrogen) atoms. The minimum atomic E-state index is 0.740. The van der Waals surface area contributed by atoms with E-state index in [1.54, 1.807) is 0 Å². The van der Waals surface area contributed by atoms with Gasteiger partial charge in [0.1, 0.15) is 0 Å². The number of hydrogen-bond donors (Lipinski definition) is 0. The molecule has 2 fully saturated rings. The Morgan fingerprint density at radius 3 is 2.00 bits per heavy atom. The number of hydrogen-bond acceptors (Lipinski definition) is 2. The summed E-state index contributed by atoms with van der Waals surface area (Å²) in [5, 5.41) is 0. The molecule has 0 aromatic carbocycles. The second-order valence-electron chi connectivity index (χ2n) is 7.67. The predicted octanol–water partition coefficient (Wildman–Crippen LogP) is 5.43. The second-order valence-corrected chi connectivity index (χ2v) is 7.67. The van der Waals surface area contributed by atoms with Crippen LogP contribution in [-0.2, 0) is 0 Å². The molecule has 0 spiro atoms. The Kier molecular flexibility index (Phi) is 5.28. The first-order valence-electron chi connectivity index (χ1n) is 9.17. The SMILES string of the molecule is Cc1cnc(/C=C/C2CCC(C3CCC(C)CC3)CC2)nc1. The van der Waals surface area contributed by atoms with Gasteiger partial charge in [0.15, 0.2) is 5.82 Å². The van der Waals surface area contributed by atoms with Crippen LogP contribution in [0.1, 0.15) is 69.7 Å². The topological polar surface area (TPSA) is 25.8 Å². The molecule has 0 atom stereocenters. The molecule has 0 aliphatic heterocycles. The van der Waals surface area contributed by atoms with Gasteiger partial charge in [-0.15, -0.1) is 0 Å². The molecule has 2 aliphatic rings. The molecule has 0 bridgehead atoms. The molecule has 2 nitrogen and oxygen atoms in total. The minimum Gasteiger partial charge on any atom is -0.237 e. The Balaban J connectivity index is 1.46. The molecule has 0 unspecified atom stereocenters. The Morgan fingerprint density at radius 1 is 0.864 bits per heavy atom. The van der Waals surface area contributed by atoms with E-state index in [-0.39, 0.29) is 0 Å². The van der Waals surface area contributed by atoms with Gasteiger partial charge in [-0.1, -0.05) is 25.8 Å². The molecule has 2 aliphatic carbocycles. The van der Waals surface area contributed by atoms with Crippen LogP contribution in [0.25, 0.3) is 6.08 Å². The molecule has 0 saturated heterocycles. The summed E-state index contributed by atoms with van der Waals surface area (Å²) in [5.74, 6) is 4.61. The van der Waals surface area contributed by atoms with Gasteiger partial charge in [0, 0.05) is 12.4 Å². The Hall–Kier alpha value is -1.18. The van der Waals surface area contributed by atoms with Gasteiger partial charge in [-0.05, 0) is 80.8 Å². The summed E-state index contributed by atoms with van der Waals surface area (Å²) < 4.78 is 0. The van der Waals surface area contributed by atoms with Crippen LogP contribution >= 0.6 is 0 Å². The van der Waals surface area contributed by atoms with E-state index in [1.807, 2.05) is 19.3 Å². The molecule has 1 aromatic rings. The average Bonchev–Trinajstić information content (AvgIpc) is 2.56. The fourth-order valence-corrected chi connectivity index (χ4v) is 4.28. The highest BCUT2D eigenvalue weighted by Crippen LogP contribution is 2.41. The number of aromatic nitrogens is 2. The van der Waals surface area contributed by atoms with Gasteiger partial charge in [0.2, 0.25) is 0 Å². The molecule has 120 valence electrons. The third kappa shape index (κ3) is 4.18. The highest BCUT2D eigenvalue weighted by molar-refractivity contribution is 5.39. The van der Waals surface area contributed by atoms with Crippen LogP contribution in [0, 0.1) is 30.6 Å². The van der Waals surface area contributed by atoms with Gasteiger partial charge in [0.05, 0.1) is 0 Å². The van der Waals surface area contributed by atoms with Crippen molar-refractivity contribution >= 4 is 6.08 Å². The molecular formula is C20H30N2. The largest absolute Gasteiger partial charge is 0.237 e. The fraction of sp³-hybridized carbons (Fsp3) is 0.700. The van der Waals surface area contributed by atoms with E-state index in [9.17, 15) is 0 Å². The van der Waals surface area contributed by atoms with E-state index in [1.165, 1.54) is 51.4 Å². The van der Waals surface area contributed by atoms with Gasteiger partial charge in [-0.3, -0.25) is 0 Å². The number of nitrogens with zero attached hydrogens (tertiary/aromatic N) is 2. The van der Waals surface area contributed by atoms with Crippen molar-refractivity contribution in [1.82, 2.24) is 9.97 Å². The van der Waals surface area contributed by atoms with E-state index < -0.39 is 0 Å². The molecule has 2 heteroatoms. The Morgan fingerprint density at radius 2 is 1.41 bits per heavy atom. The summed E-state index contributed by atoms with van der Waals surface area (Å²) in [6.45, 7) is 4.45. The fourth-order valence-electron chi connectivity index (χ4n) is 4.28. The first-order chi connectivity index (χ1) is 10.7. The molecule has 3 rings (SSSR count). The van der Waals surface area contributed by atoms with E-state index in [0.717, 1.165) is 35.1 Å². The summed E-state index contributed by atoms with van der Waals surface area (Å²) in [6.07, 6.45) is 19.8. The first kappa shape index (κ1) is 15.7. The molecule has 0 amide bonds. The van der Waals surface area contributed by atoms with Crippen LogP contribution in [0.2, 0.25) is 0 Å². The van der Waals surface area contributed by atoms with Gasteiger partial charge in [0.25, 0.3) is 0 Å². The monoisotopic (exact) mass is 298 g/mol. The van der Waals surface area contributed by atoms with Crippen molar-refractivity contribution in [3.8, 4) is 0 Å². The quantitative estimate of drug-likeness (QED) is 0.743. The third-order valence-corrected chi connectivity index (χ3v) is 5.86. The lowest BCUT2D eigenvalue weighted by molar-refractivity contribution is 0.160. The lowest BCUT2D eigenvalue weighted by Crippen LogP contribution is -2.24. The van der Waals surface area contributed by atoms with E-state index >= 15 is 0 Å². The molecule has 2 saturated carbocycles. The van der Waals surface area contributed by atoms with E-state index in [0.29, 0.717) is 0 Å².